The van der Waals surface area contributed by atoms with E-state index in [0.29, 0.717) is 23.5 Å². The smallest absolute Gasteiger partial charge is 0.322 e. The average Bonchev–Trinajstić information content (AvgIpc) is 2.82. The highest BCUT2D eigenvalue weighted by molar-refractivity contribution is 5.91. The lowest BCUT2D eigenvalue weighted by molar-refractivity contribution is 0.194. The minimum atomic E-state index is -0.271. The SMILES string of the molecule is CCN(CC)CCN(Cc1cc2c(C)ccc(C)c2[nH]c1=O)C(=O)Nc1ccccc1OC. The van der Waals surface area contributed by atoms with Crippen LogP contribution in [0.2, 0.25) is 0 Å². The van der Waals surface area contributed by atoms with Crippen molar-refractivity contribution in [1.82, 2.24) is 14.8 Å². The van der Waals surface area contributed by atoms with Gasteiger partial charge in [0.15, 0.2) is 0 Å². The normalized spacial score (nSPS) is 11.1. The van der Waals surface area contributed by atoms with Gasteiger partial charge in [0.2, 0.25) is 0 Å². The second-order valence-electron chi connectivity index (χ2n) is 8.19. The third kappa shape index (κ3) is 5.73. The minimum absolute atomic E-state index is 0.172. The highest BCUT2D eigenvalue weighted by Crippen LogP contribution is 2.24. The molecule has 1 aromatic heterocycles. The van der Waals surface area contributed by atoms with E-state index in [2.05, 4.69) is 29.0 Å². The Morgan fingerprint density at radius 2 is 1.73 bits per heavy atom. The second kappa shape index (κ2) is 11.0. The zero-order chi connectivity index (χ0) is 24.0. The molecule has 176 valence electrons. The number of benzene rings is 2. The van der Waals surface area contributed by atoms with Gasteiger partial charge in [-0.05, 0) is 56.3 Å². The Morgan fingerprint density at radius 3 is 2.42 bits per heavy atom. The van der Waals surface area contributed by atoms with E-state index in [4.69, 9.17) is 4.74 Å². The van der Waals surface area contributed by atoms with Crippen molar-refractivity contribution in [1.29, 1.82) is 0 Å². The molecule has 33 heavy (non-hydrogen) atoms. The topological polar surface area (TPSA) is 77.7 Å². The Morgan fingerprint density at radius 1 is 1.03 bits per heavy atom. The van der Waals surface area contributed by atoms with Gasteiger partial charge in [0.25, 0.3) is 5.56 Å². The Hall–Kier alpha value is -3.32. The number of anilines is 1. The average molecular weight is 451 g/mol. The molecule has 0 unspecified atom stereocenters. The number of aryl methyl sites for hydroxylation is 2. The summed E-state index contributed by atoms with van der Waals surface area (Å²) in [4.78, 5) is 33.2. The summed E-state index contributed by atoms with van der Waals surface area (Å²) in [6.07, 6.45) is 0. The fraction of sp³-hybridized carbons (Fsp3) is 0.385. The Kier molecular flexibility index (Phi) is 8.11. The highest BCUT2D eigenvalue weighted by Gasteiger charge is 2.19. The Balaban J connectivity index is 1.92. The van der Waals surface area contributed by atoms with E-state index in [1.165, 1.54) is 0 Å². The highest BCUT2D eigenvalue weighted by atomic mass is 16.5. The lowest BCUT2D eigenvalue weighted by Crippen LogP contribution is -2.41. The van der Waals surface area contributed by atoms with E-state index in [0.717, 1.165) is 41.7 Å². The van der Waals surface area contributed by atoms with Crippen LogP contribution < -0.4 is 15.6 Å². The molecule has 0 aliphatic carbocycles. The first-order valence-electron chi connectivity index (χ1n) is 11.4. The monoisotopic (exact) mass is 450 g/mol. The number of nitrogens with zero attached hydrogens (tertiary/aromatic N) is 2. The Bertz CT molecular complexity index is 1170. The number of likely N-dealkylation sites (N-methyl/N-ethyl adjacent to an activating group) is 1. The number of pyridine rings is 1. The first-order valence-corrected chi connectivity index (χ1v) is 11.4. The predicted octanol–water partition coefficient (Wildman–Crippen LogP) is 4.53. The summed E-state index contributed by atoms with van der Waals surface area (Å²) in [5.74, 6) is 0.587. The minimum Gasteiger partial charge on any atom is -0.495 e. The zero-order valence-corrected chi connectivity index (χ0v) is 20.2. The summed E-state index contributed by atoms with van der Waals surface area (Å²) < 4.78 is 5.37. The summed E-state index contributed by atoms with van der Waals surface area (Å²) in [6.45, 7) is 11.4. The molecule has 7 heteroatoms. The number of hydrogen-bond donors (Lipinski definition) is 2. The third-order valence-corrected chi connectivity index (χ3v) is 6.10. The van der Waals surface area contributed by atoms with Crippen LogP contribution in [0.5, 0.6) is 5.75 Å². The van der Waals surface area contributed by atoms with Crippen LogP contribution in [-0.2, 0) is 6.54 Å². The van der Waals surface area contributed by atoms with Gasteiger partial charge in [-0.2, -0.15) is 0 Å². The molecular formula is C26H34N4O3. The van der Waals surface area contributed by atoms with Crippen molar-refractivity contribution in [2.45, 2.75) is 34.2 Å². The van der Waals surface area contributed by atoms with Crippen molar-refractivity contribution >= 4 is 22.6 Å². The summed E-state index contributed by atoms with van der Waals surface area (Å²) in [5.41, 5.74) is 3.93. The molecule has 0 radical (unpaired) electrons. The molecule has 0 fully saturated rings. The van der Waals surface area contributed by atoms with Gasteiger partial charge in [0.1, 0.15) is 5.75 Å². The third-order valence-electron chi connectivity index (χ3n) is 6.10. The Labute approximate surface area is 195 Å². The van der Waals surface area contributed by atoms with Gasteiger partial charge >= 0.3 is 6.03 Å². The van der Waals surface area contributed by atoms with E-state index < -0.39 is 0 Å². The summed E-state index contributed by atoms with van der Waals surface area (Å²) in [5, 5.41) is 3.95. The number of aromatic amines is 1. The van der Waals surface area contributed by atoms with E-state index in [-0.39, 0.29) is 18.1 Å². The van der Waals surface area contributed by atoms with Crippen molar-refractivity contribution in [3.8, 4) is 5.75 Å². The molecule has 0 saturated carbocycles. The number of H-pyrrole nitrogens is 1. The molecule has 0 atom stereocenters. The molecule has 0 aliphatic heterocycles. The van der Waals surface area contributed by atoms with Crippen molar-refractivity contribution in [2.75, 3.05) is 38.6 Å². The maximum Gasteiger partial charge on any atom is 0.322 e. The molecular weight excluding hydrogens is 416 g/mol. The molecule has 0 aliphatic rings. The lowest BCUT2D eigenvalue weighted by atomic mass is 10.0. The number of hydrogen-bond acceptors (Lipinski definition) is 4. The molecule has 7 nitrogen and oxygen atoms in total. The van der Waals surface area contributed by atoms with Gasteiger partial charge in [0.05, 0.1) is 24.9 Å². The number of rotatable bonds is 9. The van der Waals surface area contributed by atoms with Gasteiger partial charge < -0.3 is 24.8 Å². The van der Waals surface area contributed by atoms with E-state index in [9.17, 15) is 9.59 Å². The van der Waals surface area contributed by atoms with E-state index >= 15 is 0 Å². The van der Waals surface area contributed by atoms with Gasteiger partial charge in [-0.25, -0.2) is 4.79 Å². The largest absolute Gasteiger partial charge is 0.495 e. The number of urea groups is 1. The number of ether oxygens (including phenoxy) is 1. The first kappa shape index (κ1) is 24.3. The van der Waals surface area contributed by atoms with Gasteiger partial charge in [-0.3, -0.25) is 4.79 Å². The van der Waals surface area contributed by atoms with Crippen LogP contribution >= 0.6 is 0 Å². The molecule has 2 amide bonds. The number of nitrogens with one attached hydrogen (secondary N) is 2. The van der Waals surface area contributed by atoms with Gasteiger partial charge in [-0.1, -0.05) is 38.1 Å². The van der Waals surface area contributed by atoms with E-state index in [1.54, 1.807) is 24.1 Å². The summed E-state index contributed by atoms with van der Waals surface area (Å²) in [7, 11) is 1.57. The number of carbonyl (C=O) groups is 1. The number of aromatic nitrogens is 1. The standard InChI is InChI=1S/C26H34N4O3/c1-6-29(7-2)14-15-30(26(32)27-22-10-8-9-11-23(22)33-5)17-20-16-21-18(3)12-13-19(4)24(21)28-25(20)31/h8-13,16H,6-7,14-15,17H2,1-5H3,(H,27,32)(H,28,31). The molecule has 2 aromatic carbocycles. The molecule has 0 saturated heterocycles. The van der Waals surface area contributed by atoms with Crippen LogP contribution in [-0.4, -0.2) is 54.1 Å². The van der Waals surface area contributed by atoms with Crippen molar-refractivity contribution < 1.29 is 9.53 Å². The molecule has 0 bridgehead atoms. The van der Waals surface area contributed by atoms with Crippen LogP contribution in [0.1, 0.15) is 30.5 Å². The second-order valence-corrected chi connectivity index (χ2v) is 8.19. The van der Waals surface area contributed by atoms with Crippen LogP contribution in [0, 0.1) is 13.8 Å². The maximum absolute atomic E-state index is 13.3. The molecule has 2 N–H and O–H groups in total. The fourth-order valence-electron chi connectivity index (χ4n) is 3.94. The number of methoxy groups -OCH3 is 1. The van der Waals surface area contributed by atoms with Crippen LogP contribution in [0.25, 0.3) is 10.9 Å². The molecule has 1 heterocycles. The number of amides is 2. The van der Waals surface area contributed by atoms with Gasteiger partial charge in [-0.15, -0.1) is 0 Å². The molecule has 3 rings (SSSR count). The zero-order valence-electron chi connectivity index (χ0n) is 20.2. The number of fused-ring (bicyclic) bond motifs is 1. The lowest BCUT2D eigenvalue weighted by Gasteiger charge is -2.27. The molecule has 0 spiro atoms. The van der Waals surface area contributed by atoms with Crippen molar-refractivity contribution in [3.63, 3.8) is 0 Å². The first-order chi connectivity index (χ1) is 15.9. The van der Waals surface area contributed by atoms with Crippen LogP contribution in [0.15, 0.2) is 47.3 Å². The van der Waals surface area contributed by atoms with E-state index in [1.807, 2.05) is 44.2 Å². The summed E-state index contributed by atoms with van der Waals surface area (Å²) in [6, 6.07) is 13.0. The van der Waals surface area contributed by atoms with Crippen LogP contribution in [0.4, 0.5) is 10.5 Å². The quantitative estimate of drug-likeness (QED) is 0.502. The molecule has 3 aromatic rings. The summed E-state index contributed by atoms with van der Waals surface area (Å²) >= 11 is 0. The van der Waals surface area contributed by atoms with Crippen molar-refractivity contribution in [2.24, 2.45) is 0 Å². The fourth-order valence-corrected chi connectivity index (χ4v) is 3.94. The van der Waals surface area contributed by atoms with Crippen LogP contribution in [0.3, 0.4) is 0 Å². The predicted molar refractivity (Wildman–Crippen MR) is 134 cm³/mol. The van der Waals surface area contributed by atoms with Gasteiger partial charge in [0, 0.05) is 24.0 Å². The number of para-hydroxylation sites is 2. The number of carbonyl (C=O) groups excluding carboxylic acids is 1. The van der Waals surface area contributed by atoms with Crippen molar-refractivity contribution in [3.05, 3.63) is 69.5 Å². The maximum atomic E-state index is 13.3.